The van der Waals surface area contributed by atoms with Crippen molar-refractivity contribution in [1.29, 1.82) is 0 Å². The highest BCUT2D eigenvalue weighted by atomic mass is 32.2. The van der Waals surface area contributed by atoms with E-state index in [1.165, 1.54) is 10.6 Å². The molecule has 0 aromatic carbocycles. The Bertz CT molecular complexity index is 734. The summed E-state index contributed by atoms with van der Waals surface area (Å²) < 4.78 is 25.0. The average Bonchev–Trinajstić information content (AvgIpc) is 3.12. The van der Waals surface area contributed by atoms with E-state index in [4.69, 9.17) is 0 Å². The van der Waals surface area contributed by atoms with Crippen LogP contribution in [-0.4, -0.2) is 47.4 Å². The molecule has 1 aromatic rings. The number of hydrogen-bond acceptors (Lipinski definition) is 4. The minimum absolute atomic E-state index is 0.0211. The lowest BCUT2D eigenvalue weighted by molar-refractivity contribution is -0.136. The van der Waals surface area contributed by atoms with Gasteiger partial charge < -0.3 is 9.47 Å². The van der Waals surface area contributed by atoms with Crippen molar-refractivity contribution in [3.05, 3.63) is 34.7 Å². The van der Waals surface area contributed by atoms with E-state index >= 15 is 0 Å². The van der Waals surface area contributed by atoms with Crippen LogP contribution < -0.4 is 5.56 Å². The van der Waals surface area contributed by atoms with Gasteiger partial charge in [0.1, 0.15) is 6.54 Å². The summed E-state index contributed by atoms with van der Waals surface area (Å²) in [5.41, 5.74) is -0.216. The van der Waals surface area contributed by atoms with Crippen molar-refractivity contribution in [1.82, 2.24) is 9.47 Å². The normalized spacial score (nSPS) is 23.9. The molecule has 2 aliphatic rings. The van der Waals surface area contributed by atoms with E-state index in [0.717, 1.165) is 25.7 Å². The maximum Gasteiger partial charge on any atom is 0.250 e. The van der Waals surface area contributed by atoms with E-state index < -0.39 is 9.84 Å². The second-order valence-electron chi connectivity index (χ2n) is 6.46. The summed E-state index contributed by atoms with van der Waals surface area (Å²) in [6.45, 7) is -0.0211. The molecule has 1 aromatic heterocycles. The maximum atomic E-state index is 12.8. The van der Waals surface area contributed by atoms with Gasteiger partial charge in [0.15, 0.2) is 9.84 Å². The van der Waals surface area contributed by atoms with E-state index in [2.05, 4.69) is 0 Å². The standard InChI is InChI=1S/C16H22N2O4S/c19-15-7-3-4-9-17(15)11-16(20)18(13-5-1-2-6-13)14-8-10-23(21,22)12-14/h3-4,7,9,13-14H,1-2,5-6,8,10-12H2/t14-/m1/s1. The van der Waals surface area contributed by atoms with Gasteiger partial charge in [0, 0.05) is 24.3 Å². The molecular weight excluding hydrogens is 316 g/mol. The quantitative estimate of drug-likeness (QED) is 0.814. The number of carbonyl (C=O) groups excluding carboxylic acids is 1. The first-order valence-corrected chi connectivity index (χ1v) is 9.95. The Morgan fingerprint density at radius 1 is 1.17 bits per heavy atom. The van der Waals surface area contributed by atoms with Crippen LogP contribution in [0.3, 0.4) is 0 Å². The average molecular weight is 338 g/mol. The number of amides is 1. The Morgan fingerprint density at radius 3 is 2.52 bits per heavy atom. The Morgan fingerprint density at radius 2 is 1.91 bits per heavy atom. The molecule has 7 heteroatoms. The largest absolute Gasteiger partial charge is 0.334 e. The van der Waals surface area contributed by atoms with Crippen molar-refractivity contribution in [3.8, 4) is 0 Å². The molecule has 0 unspecified atom stereocenters. The minimum atomic E-state index is -3.05. The SMILES string of the molecule is O=C(Cn1ccccc1=O)N(C1CCCC1)[C@@H]1CCS(=O)(=O)C1. The Balaban J connectivity index is 1.81. The van der Waals surface area contributed by atoms with Gasteiger partial charge in [0.25, 0.3) is 5.56 Å². The molecule has 1 aliphatic carbocycles. The number of rotatable bonds is 4. The van der Waals surface area contributed by atoms with Crippen LogP contribution in [0.25, 0.3) is 0 Å². The number of aromatic nitrogens is 1. The molecule has 2 fully saturated rings. The molecule has 1 aliphatic heterocycles. The van der Waals surface area contributed by atoms with Crippen molar-refractivity contribution in [2.45, 2.75) is 50.7 Å². The second-order valence-corrected chi connectivity index (χ2v) is 8.69. The fraction of sp³-hybridized carbons (Fsp3) is 0.625. The molecule has 3 rings (SSSR count). The molecule has 1 atom stereocenters. The predicted octanol–water partition coefficient (Wildman–Crippen LogP) is 0.807. The van der Waals surface area contributed by atoms with Gasteiger partial charge in [-0.15, -0.1) is 0 Å². The highest BCUT2D eigenvalue weighted by Gasteiger charge is 2.38. The Hall–Kier alpha value is -1.63. The molecule has 6 nitrogen and oxygen atoms in total. The smallest absolute Gasteiger partial charge is 0.250 e. The lowest BCUT2D eigenvalue weighted by Gasteiger charge is -2.34. The third-order valence-electron chi connectivity index (χ3n) is 4.81. The molecule has 0 N–H and O–H groups in total. The molecule has 2 heterocycles. The summed E-state index contributed by atoms with van der Waals surface area (Å²) in [6.07, 6.45) is 6.09. The molecule has 23 heavy (non-hydrogen) atoms. The summed E-state index contributed by atoms with van der Waals surface area (Å²) in [6, 6.07) is 4.65. The van der Waals surface area contributed by atoms with E-state index in [-0.39, 0.29) is 41.6 Å². The van der Waals surface area contributed by atoms with Crippen LogP contribution in [0, 0.1) is 0 Å². The van der Waals surface area contributed by atoms with Crippen LogP contribution in [0.4, 0.5) is 0 Å². The van der Waals surface area contributed by atoms with Crippen LogP contribution in [-0.2, 0) is 21.2 Å². The van der Waals surface area contributed by atoms with Crippen molar-refractivity contribution in [3.63, 3.8) is 0 Å². The summed E-state index contributed by atoms with van der Waals surface area (Å²) in [4.78, 5) is 26.4. The third kappa shape index (κ3) is 3.65. The highest BCUT2D eigenvalue weighted by Crippen LogP contribution is 2.29. The van der Waals surface area contributed by atoms with Crippen molar-refractivity contribution >= 4 is 15.7 Å². The van der Waals surface area contributed by atoms with Crippen LogP contribution in [0.1, 0.15) is 32.1 Å². The molecule has 0 radical (unpaired) electrons. The number of nitrogens with zero attached hydrogens (tertiary/aromatic N) is 2. The number of carbonyl (C=O) groups is 1. The molecule has 1 saturated carbocycles. The van der Waals surface area contributed by atoms with Crippen molar-refractivity contribution < 1.29 is 13.2 Å². The first kappa shape index (κ1) is 16.2. The van der Waals surface area contributed by atoms with Gasteiger partial charge in [-0.05, 0) is 25.3 Å². The van der Waals surface area contributed by atoms with Gasteiger partial charge in [-0.3, -0.25) is 9.59 Å². The van der Waals surface area contributed by atoms with Gasteiger partial charge in [-0.25, -0.2) is 8.42 Å². The summed E-state index contributed by atoms with van der Waals surface area (Å²) in [5.74, 6) is 0.0607. The van der Waals surface area contributed by atoms with Crippen molar-refractivity contribution in [2.75, 3.05) is 11.5 Å². The molecular formula is C16H22N2O4S. The summed E-state index contributed by atoms with van der Waals surface area (Å²) in [7, 11) is -3.05. The highest BCUT2D eigenvalue weighted by molar-refractivity contribution is 7.91. The number of pyridine rings is 1. The first-order chi connectivity index (χ1) is 11.0. The van der Waals surface area contributed by atoms with Crippen LogP contribution in [0.5, 0.6) is 0 Å². The lowest BCUT2D eigenvalue weighted by Crippen LogP contribution is -2.48. The number of hydrogen-bond donors (Lipinski definition) is 0. The summed E-state index contributed by atoms with van der Waals surface area (Å²) in [5, 5.41) is 0. The maximum absolute atomic E-state index is 12.8. The predicted molar refractivity (Wildman–Crippen MR) is 86.9 cm³/mol. The van der Waals surface area contributed by atoms with E-state index in [1.54, 1.807) is 23.2 Å². The van der Waals surface area contributed by atoms with Crippen LogP contribution in [0.15, 0.2) is 29.2 Å². The van der Waals surface area contributed by atoms with Gasteiger partial charge >= 0.3 is 0 Å². The van der Waals surface area contributed by atoms with E-state index in [9.17, 15) is 18.0 Å². The lowest BCUT2D eigenvalue weighted by atomic mass is 10.1. The molecule has 1 amide bonds. The Labute approximate surface area is 136 Å². The Kier molecular flexibility index (Phi) is 4.57. The van der Waals surface area contributed by atoms with E-state index in [0.29, 0.717) is 6.42 Å². The van der Waals surface area contributed by atoms with Crippen molar-refractivity contribution in [2.24, 2.45) is 0 Å². The van der Waals surface area contributed by atoms with Crippen LogP contribution >= 0.6 is 0 Å². The first-order valence-electron chi connectivity index (χ1n) is 8.13. The molecule has 126 valence electrons. The fourth-order valence-electron chi connectivity index (χ4n) is 3.70. The molecule has 0 spiro atoms. The minimum Gasteiger partial charge on any atom is -0.334 e. The zero-order valence-electron chi connectivity index (χ0n) is 13.1. The third-order valence-corrected chi connectivity index (χ3v) is 6.56. The monoisotopic (exact) mass is 338 g/mol. The van der Waals surface area contributed by atoms with Gasteiger partial charge in [0.2, 0.25) is 5.91 Å². The zero-order chi connectivity index (χ0) is 16.4. The molecule has 1 saturated heterocycles. The van der Waals surface area contributed by atoms with Gasteiger partial charge in [0.05, 0.1) is 11.5 Å². The zero-order valence-corrected chi connectivity index (χ0v) is 13.9. The van der Waals surface area contributed by atoms with Gasteiger partial charge in [-0.1, -0.05) is 18.9 Å². The second kappa shape index (κ2) is 6.47. The van der Waals surface area contributed by atoms with E-state index in [1.807, 2.05) is 0 Å². The topological polar surface area (TPSA) is 76.5 Å². The van der Waals surface area contributed by atoms with Gasteiger partial charge in [-0.2, -0.15) is 0 Å². The summed E-state index contributed by atoms with van der Waals surface area (Å²) >= 11 is 0. The fourth-order valence-corrected chi connectivity index (χ4v) is 5.41. The number of sulfone groups is 1. The van der Waals surface area contributed by atoms with Crippen LogP contribution in [0.2, 0.25) is 0 Å². The molecule has 0 bridgehead atoms.